The third-order valence-electron chi connectivity index (χ3n) is 1.66. The summed E-state index contributed by atoms with van der Waals surface area (Å²) < 4.78 is 0. The van der Waals surface area contributed by atoms with E-state index in [9.17, 15) is 0 Å². The van der Waals surface area contributed by atoms with E-state index in [1.165, 1.54) is 25.8 Å². The summed E-state index contributed by atoms with van der Waals surface area (Å²) in [4.78, 5) is 0. The van der Waals surface area contributed by atoms with Gasteiger partial charge in [-0.3, -0.25) is 5.09 Å². The molecule has 0 aromatic rings. The number of allylic oxidation sites excluding steroid dienone is 1. The highest BCUT2D eigenvalue weighted by Crippen LogP contribution is 2.60. The maximum atomic E-state index is 3.49. The van der Waals surface area contributed by atoms with E-state index in [2.05, 4.69) is 10.9 Å². The Morgan fingerprint density at radius 3 is 3.50 bits per heavy atom. The highest BCUT2D eigenvalue weighted by atomic mass is 31.1. The molecule has 2 aliphatic heterocycles. The molecular formula is C6H10NP. The molecule has 1 saturated heterocycles. The van der Waals surface area contributed by atoms with E-state index in [1.54, 1.807) is 5.31 Å². The van der Waals surface area contributed by atoms with E-state index in [1.807, 2.05) is 0 Å². The van der Waals surface area contributed by atoms with Crippen molar-refractivity contribution in [2.75, 3.05) is 6.54 Å². The Kier molecular flexibility index (Phi) is 1.13. The van der Waals surface area contributed by atoms with E-state index in [-0.39, 0.29) is 8.07 Å². The third kappa shape index (κ3) is 0.808. The molecule has 8 heavy (non-hydrogen) atoms. The summed E-state index contributed by atoms with van der Waals surface area (Å²) in [6, 6.07) is 0. The van der Waals surface area contributed by atoms with Gasteiger partial charge in [-0.15, -0.1) is 0 Å². The zero-order valence-electron chi connectivity index (χ0n) is 4.85. The summed E-state index contributed by atoms with van der Waals surface area (Å²) in [5.74, 6) is 2.40. The molecular weight excluding hydrogens is 117 g/mol. The maximum absolute atomic E-state index is 3.49. The standard InChI is InChI=1S/C6H10NP/c1-2-4-7-8-5-6(8)3-1/h5,7H,1-4H2. The molecule has 1 unspecified atom stereocenters. The Morgan fingerprint density at radius 2 is 2.50 bits per heavy atom. The van der Waals surface area contributed by atoms with Gasteiger partial charge in [0.05, 0.1) is 0 Å². The molecule has 1 N–H and O–H groups in total. The molecule has 0 saturated carbocycles. The topological polar surface area (TPSA) is 12.0 Å². The predicted molar refractivity (Wildman–Crippen MR) is 36.9 cm³/mol. The number of fused-ring (bicyclic) bond motifs is 1. The van der Waals surface area contributed by atoms with Gasteiger partial charge in [0.2, 0.25) is 0 Å². The van der Waals surface area contributed by atoms with Crippen molar-refractivity contribution in [1.82, 2.24) is 5.09 Å². The van der Waals surface area contributed by atoms with E-state index < -0.39 is 0 Å². The van der Waals surface area contributed by atoms with Crippen molar-refractivity contribution in [3.8, 4) is 0 Å². The van der Waals surface area contributed by atoms with Crippen molar-refractivity contribution < 1.29 is 0 Å². The van der Waals surface area contributed by atoms with Crippen LogP contribution in [0.3, 0.4) is 0 Å². The minimum absolute atomic E-state index is 0.190. The van der Waals surface area contributed by atoms with Crippen LogP contribution in [0.4, 0.5) is 0 Å². The lowest BCUT2D eigenvalue weighted by Gasteiger charge is -1.94. The molecule has 0 radical (unpaired) electrons. The van der Waals surface area contributed by atoms with Gasteiger partial charge < -0.3 is 0 Å². The fourth-order valence-corrected chi connectivity index (χ4v) is 2.72. The largest absolute Gasteiger partial charge is 0.289 e. The molecule has 0 aromatic heterocycles. The summed E-state index contributed by atoms with van der Waals surface area (Å²) >= 11 is 0. The minimum atomic E-state index is 0.190. The second kappa shape index (κ2) is 1.82. The number of rotatable bonds is 0. The van der Waals surface area contributed by atoms with Crippen LogP contribution in [0.1, 0.15) is 19.3 Å². The smallest absolute Gasteiger partial charge is 0.0140 e. The van der Waals surface area contributed by atoms with Crippen molar-refractivity contribution in [1.29, 1.82) is 0 Å². The second-order valence-corrected chi connectivity index (χ2v) is 4.24. The Balaban J connectivity index is 1.96. The Morgan fingerprint density at radius 1 is 1.50 bits per heavy atom. The molecule has 0 aromatic carbocycles. The molecule has 0 aliphatic carbocycles. The molecule has 44 valence electrons. The van der Waals surface area contributed by atoms with Crippen molar-refractivity contribution in [2.24, 2.45) is 0 Å². The fraction of sp³-hybridized carbons (Fsp3) is 0.667. The van der Waals surface area contributed by atoms with Crippen LogP contribution in [0.15, 0.2) is 11.1 Å². The van der Waals surface area contributed by atoms with Crippen LogP contribution in [0.5, 0.6) is 0 Å². The molecule has 0 amide bonds. The molecule has 2 aliphatic rings. The zero-order valence-corrected chi connectivity index (χ0v) is 5.75. The average Bonchev–Trinajstić information content (AvgIpc) is 2.36. The summed E-state index contributed by atoms with van der Waals surface area (Å²) in [5, 5.41) is 5.21. The Bertz CT molecular complexity index is 130. The third-order valence-corrected chi connectivity index (χ3v) is 3.49. The normalized spacial score (nSPS) is 35.0. The van der Waals surface area contributed by atoms with Crippen LogP contribution in [-0.2, 0) is 0 Å². The van der Waals surface area contributed by atoms with Crippen LogP contribution in [0.25, 0.3) is 0 Å². The number of nitrogens with one attached hydrogen (secondary N) is 1. The average molecular weight is 127 g/mol. The first-order valence-corrected chi connectivity index (χ1v) is 4.61. The SMILES string of the molecule is C1=C2CCCCNP12. The van der Waals surface area contributed by atoms with Gasteiger partial charge in [0.1, 0.15) is 0 Å². The van der Waals surface area contributed by atoms with Crippen molar-refractivity contribution in [3.63, 3.8) is 0 Å². The monoisotopic (exact) mass is 127 g/mol. The first kappa shape index (κ1) is 4.96. The quantitative estimate of drug-likeness (QED) is 0.491. The van der Waals surface area contributed by atoms with E-state index in [4.69, 9.17) is 0 Å². The van der Waals surface area contributed by atoms with Gasteiger partial charge in [0.25, 0.3) is 0 Å². The summed E-state index contributed by atoms with van der Waals surface area (Å²) in [6.45, 7) is 1.26. The molecule has 2 rings (SSSR count). The van der Waals surface area contributed by atoms with Crippen LogP contribution >= 0.6 is 8.07 Å². The van der Waals surface area contributed by atoms with Crippen molar-refractivity contribution >= 4 is 8.07 Å². The molecule has 0 bridgehead atoms. The molecule has 0 spiro atoms. The predicted octanol–water partition coefficient (Wildman–Crippen LogP) is 2.01. The molecule has 2 heterocycles. The lowest BCUT2D eigenvalue weighted by molar-refractivity contribution is 0.745. The first-order valence-electron chi connectivity index (χ1n) is 3.20. The number of hydrogen-bond acceptors (Lipinski definition) is 1. The maximum Gasteiger partial charge on any atom is 0.0140 e. The van der Waals surface area contributed by atoms with E-state index >= 15 is 0 Å². The lowest BCUT2D eigenvalue weighted by Crippen LogP contribution is -2.00. The van der Waals surface area contributed by atoms with Gasteiger partial charge in [-0.2, -0.15) is 0 Å². The van der Waals surface area contributed by atoms with Gasteiger partial charge in [-0.05, 0) is 36.9 Å². The minimum Gasteiger partial charge on any atom is -0.289 e. The van der Waals surface area contributed by atoms with Crippen LogP contribution in [-0.4, -0.2) is 6.54 Å². The molecule has 1 atom stereocenters. The van der Waals surface area contributed by atoms with Gasteiger partial charge >= 0.3 is 0 Å². The molecule has 2 heteroatoms. The summed E-state index contributed by atoms with van der Waals surface area (Å²) in [6.07, 6.45) is 4.19. The van der Waals surface area contributed by atoms with Crippen molar-refractivity contribution in [2.45, 2.75) is 19.3 Å². The first-order chi connectivity index (χ1) is 3.97. The summed E-state index contributed by atoms with van der Waals surface area (Å²) in [7, 11) is 0.190. The Hall–Kier alpha value is 0.130. The van der Waals surface area contributed by atoms with Gasteiger partial charge in [-0.25, -0.2) is 0 Å². The molecule has 1 nitrogen and oxygen atoms in total. The van der Waals surface area contributed by atoms with Gasteiger partial charge in [-0.1, -0.05) is 0 Å². The van der Waals surface area contributed by atoms with E-state index in [0.717, 1.165) is 0 Å². The van der Waals surface area contributed by atoms with Gasteiger partial charge in [0, 0.05) is 8.07 Å². The second-order valence-electron chi connectivity index (χ2n) is 2.36. The highest BCUT2D eigenvalue weighted by Gasteiger charge is 2.24. The fourth-order valence-electron chi connectivity index (χ4n) is 1.08. The highest BCUT2D eigenvalue weighted by molar-refractivity contribution is 7.70. The molecule has 1 fully saturated rings. The van der Waals surface area contributed by atoms with Crippen LogP contribution < -0.4 is 5.09 Å². The van der Waals surface area contributed by atoms with Crippen LogP contribution in [0.2, 0.25) is 0 Å². The van der Waals surface area contributed by atoms with Crippen LogP contribution in [0, 0.1) is 0 Å². The number of hydrogen-bond donors (Lipinski definition) is 1. The Labute approximate surface area is 51.0 Å². The van der Waals surface area contributed by atoms with Crippen molar-refractivity contribution in [3.05, 3.63) is 11.1 Å². The summed E-state index contributed by atoms with van der Waals surface area (Å²) in [5.41, 5.74) is 0. The lowest BCUT2D eigenvalue weighted by atomic mass is 10.2. The zero-order chi connectivity index (χ0) is 5.40. The van der Waals surface area contributed by atoms with E-state index in [0.29, 0.717) is 0 Å². The van der Waals surface area contributed by atoms with Gasteiger partial charge in [0.15, 0.2) is 0 Å².